The zero-order chi connectivity index (χ0) is 15.2. The molecule has 0 fully saturated rings. The molecule has 0 aliphatic carbocycles. The quantitative estimate of drug-likeness (QED) is 0.778. The van der Waals surface area contributed by atoms with Crippen molar-refractivity contribution in [2.75, 3.05) is 13.2 Å². The predicted molar refractivity (Wildman–Crippen MR) is 71.9 cm³/mol. The van der Waals surface area contributed by atoms with Gasteiger partial charge < -0.3 is 10.1 Å². The number of alkyl halides is 3. The first-order valence-electron chi connectivity index (χ1n) is 6.73. The fourth-order valence-electron chi connectivity index (χ4n) is 1.62. The molecule has 0 aromatic carbocycles. The second-order valence-electron chi connectivity index (χ2n) is 4.97. The zero-order valence-corrected chi connectivity index (χ0v) is 12.0. The number of rotatable bonds is 7. The average molecular weight is 290 g/mol. The van der Waals surface area contributed by atoms with E-state index in [4.69, 9.17) is 4.74 Å². The van der Waals surface area contributed by atoms with Gasteiger partial charge in [0, 0.05) is 18.3 Å². The molecule has 20 heavy (non-hydrogen) atoms. The summed E-state index contributed by atoms with van der Waals surface area (Å²) in [6.45, 7) is 6.08. The zero-order valence-electron chi connectivity index (χ0n) is 12.0. The smallest absolute Gasteiger partial charge is 0.422 e. The maximum atomic E-state index is 12.2. The van der Waals surface area contributed by atoms with Gasteiger partial charge in [0.05, 0.1) is 0 Å². The molecule has 0 bridgehead atoms. The van der Waals surface area contributed by atoms with Gasteiger partial charge in [-0.15, -0.1) is 0 Å². The van der Waals surface area contributed by atoms with Crippen LogP contribution in [0.25, 0.3) is 0 Å². The molecule has 1 aromatic rings. The van der Waals surface area contributed by atoms with Gasteiger partial charge in [-0.2, -0.15) is 13.2 Å². The van der Waals surface area contributed by atoms with Gasteiger partial charge in [0.25, 0.3) is 0 Å². The molecule has 0 unspecified atom stereocenters. The number of ether oxygens (including phenoxy) is 1. The van der Waals surface area contributed by atoms with Gasteiger partial charge >= 0.3 is 6.18 Å². The number of nitrogens with one attached hydrogen (secondary N) is 1. The van der Waals surface area contributed by atoms with Gasteiger partial charge in [-0.05, 0) is 30.5 Å². The lowest BCUT2D eigenvalue weighted by molar-refractivity contribution is -0.154. The summed E-state index contributed by atoms with van der Waals surface area (Å²) in [5.41, 5.74) is 1.62. The largest absolute Gasteiger partial charge is 0.468 e. The fourth-order valence-corrected chi connectivity index (χ4v) is 1.62. The second-order valence-corrected chi connectivity index (χ2v) is 4.97. The van der Waals surface area contributed by atoms with Crippen LogP contribution in [-0.2, 0) is 6.54 Å². The Balaban J connectivity index is 2.81. The molecule has 0 atom stereocenters. The molecule has 0 aliphatic heterocycles. The molecule has 114 valence electrons. The van der Waals surface area contributed by atoms with Gasteiger partial charge in [-0.25, -0.2) is 4.98 Å². The average Bonchev–Trinajstić information content (AvgIpc) is 2.36. The third-order valence-electron chi connectivity index (χ3n) is 2.61. The molecular weight excluding hydrogens is 269 g/mol. The number of hydrogen-bond donors (Lipinski definition) is 1. The van der Waals surface area contributed by atoms with Crippen LogP contribution in [0.4, 0.5) is 13.2 Å². The van der Waals surface area contributed by atoms with Gasteiger partial charge in [0.15, 0.2) is 6.61 Å². The normalized spacial score (nSPS) is 11.9. The highest BCUT2D eigenvalue weighted by atomic mass is 19.4. The molecule has 6 heteroatoms. The third kappa shape index (κ3) is 6.23. The fraction of sp³-hybridized carbons (Fsp3) is 0.643. The molecule has 1 aromatic heterocycles. The first kappa shape index (κ1) is 16.8. The molecule has 1 N–H and O–H groups in total. The van der Waals surface area contributed by atoms with Crippen molar-refractivity contribution in [3.63, 3.8) is 0 Å². The molecule has 0 spiro atoms. The van der Waals surface area contributed by atoms with E-state index in [1.54, 1.807) is 6.07 Å². The Morgan fingerprint density at radius 1 is 1.30 bits per heavy atom. The van der Waals surface area contributed by atoms with Gasteiger partial charge in [-0.1, -0.05) is 20.8 Å². The van der Waals surface area contributed by atoms with Crippen LogP contribution >= 0.6 is 0 Å². The first-order chi connectivity index (χ1) is 9.31. The Kier molecular flexibility index (Phi) is 6.26. The first-order valence-corrected chi connectivity index (χ1v) is 6.73. The highest BCUT2D eigenvalue weighted by Gasteiger charge is 2.28. The lowest BCUT2D eigenvalue weighted by Crippen LogP contribution is -2.20. The Morgan fingerprint density at radius 3 is 2.55 bits per heavy atom. The minimum absolute atomic E-state index is 0.0295. The minimum atomic E-state index is -4.35. The van der Waals surface area contributed by atoms with E-state index in [1.807, 2.05) is 19.9 Å². The maximum absolute atomic E-state index is 12.2. The monoisotopic (exact) mass is 290 g/mol. The lowest BCUT2D eigenvalue weighted by Gasteiger charge is -2.13. The van der Waals surface area contributed by atoms with Crippen molar-refractivity contribution in [3.05, 3.63) is 23.4 Å². The van der Waals surface area contributed by atoms with Crippen LogP contribution in [0.3, 0.4) is 0 Å². The molecule has 0 radical (unpaired) electrons. The Bertz CT molecular complexity index is 419. The van der Waals surface area contributed by atoms with Crippen molar-refractivity contribution in [1.82, 2.24) is 10.3 Å². The minimum Gasteiger partial charge on any atom is -0.468 e. The molecule has 0 aliphatic rings. The van der Waals surface area contributed by atoms with E-state index >= 15 is 0 Å². The Hall–Kier alpha value is -1.30. The van der Waals surface area contributed by atoms with Gasteiger partial charge in [-0.3, -0.25) is 0 Å². The van der Waals surface area contributed by atoms with Gasteiger partial charge in [0.2, 0.25) is 5.88 Å². The second kappa shape index (κ2) is 7.47. The van der Waals surface area contributed by atoms with Crippen molar-refractivity contribution >= 4 is 0 Å². The Morgan fingerprint density at radius 2 is 2.00 bits per heavy atom. The molecule has 0 saturated heterocycles. The summed E-state index contributed by atoms with van der Waals surface area (Å²) in [6, 6.07) is 3.45. The molecule has 0 amide bonds. The van der Waals surface area contributed by atoms with E-state index in [1.165, 1.54) is 0 Å². The maximum Gasteiger partial charge on any atom is 0.422 e. The van der Waals surface area contributed by atoms with E-state index in [0.29, 0.717) is 6.54 Å². The van der Waals surface area contributed by atoms with Crippen molar-refractivity contribution in [2.45, 2.75) is 45.8 Å². The Labute approximate surface area is 117 Å². The van der Waals surface area contributed by atoms with E-state index in [9.17, 15) is 13.2 Å². The summed E-state index contributed by atoms with van der Waals surface area (Å²) >= 11 is 0. The summed E-state index contributed by atoms with van der Waals surface area (Å²) in [5, 5.41) is 3.21. The van der Waals surface area contributed by atoms with Gasteiger partial charge in [0.1, 0.15) is 0 Å². The van der Waals surface area contributed by atoms with Crippen LogP contribution in [0.2, 0.25) is 0 Å². The molecular formula is C14H21F3N2O. The van der Waals surface area contributed by atoms with E-state index in [2.05, 4.69) is 17.2 Å². The molecule has 0 saturated carbocycles. The number of halogens is 3. The molecule has 1 rings (SSSR count). The SMILES string of the molecule is CCCNCc1cc(OCC(F)(F)F)nc(C(C)C)c1. The molecule has 1 heterocycles. The van der Waals surface area contributed by atoms with E-state index < -0.39 is 12.8 Å². The standard InChI is InChI=1S/C14H21F3N2O/c1-4-5-18-8-11-6-12(10(2)3)19-13(7-11)20-9-14(15,16)17/h6-7,10,18H,4-5,8-9H2,1-3H3. The van der Waals surface area contributed by atoms with Crippen molar-refractivity contribution in [2.24, 2.45) is 0 Å². The summed E-state index contributed by atoms with van der Waals surface area (Å²) in [4.78, 5) is 4.11. The highest BCUT2D eigenvalue weighted by Crippen LogP contribution is 2.21. The van der Waals surface area contributed by atoms with Crippen LogP contribution < -0.4 is 10.1 Å². The third-order valence-corrected chi connectivity index (χ3v) is 2.61. The van der Waals surface area contributed by atoms with E-state index in [-0.39, 0.29) is 11.8 Å². The summed E-state index contributed by atoms with van der Waals surface area (Å²) in [5.74, 6) is 0.163. The van der Waals surface area contributed by atoms with Crippen molar-refractivity contribution in [3.8, 4) is 5.88 Å². The number of pyridine rings is 1. The topological polar surface area (TPSA) is 34.1 Å². The summed E-state index contributed by atoms with van der Waals surface area (Å²) in [7, 11) is 0. The molecule has 3 nitrogen and oxygen atoms in total. The predicted octanol–water partition coefficient (Wildman–Crippen LogP) is 3.65. The summed E-state index contributed by atoms with van der Waals surface area (Å²) < 4.78 is 41.3. The van der Waals surface area contributed by atoms with E-state index in [0.717, 1.165) is 24.2 Å². The van der Waals surface area contributed by atoms with Crippen LogP contribution in [0.5, 0.6) is 5.88 Å². The number of hydrogen-bond acceptors (Lipinski definition) is 3. The highest BCUT2D eigenvalue weighted by molar-refractivity contribution is 5.26. The lowest BCUT2D eigenvalue weighted by atomic mass is 10.1. The van der Waals surface area contributed by atoms with Crippen LogP contribution in [-0.4, -0.2) is 24.3 Å². The summed E-state index contributed by atoms with van der Waals surface area (Å²) in [6.07, 6.45) is -3.35. The number of nitrogens with zero attached hydrogens (tertiary/aromatic N) is 1. The number of aromatic nitrogens is 1. The van der Waals surface area contributed by atoms with Crippen LogP contribution in [0.1, 0.15) is 44.4 Å². The van der Waals surface area contributed by atoms with Crippen molar-refractivity contribution in [1.29, 1.82) is 0 Å². The van der Waals surface area contributed by atoms with Crippen LogP contribution in [0.15, 0.2) is 12.1 Å². The van der Waals surface area contributed by atoms with Crippen molar-refractivity contribution < 1.29 is 17.9 Å². The van der Waals surface area contributed by atoms with Crippen LogP contribution in [0, 0.1) is 0 Å².